The molecule has 1 aromatic heterocycles. The summed E-state index contributed by atoms with van der Waals surface area (Å²) in [6.07, 6.45) is 3.85. The van der Waals surface area contributed by atoms with Crippen molar-refractivity contribution in [2.75, 3.05) is 6.61 Å². The predicted octanol–water partition coefficient (Wildman–Crippen LogP) is 1.29. The van der Waals surface area contributed by atoms with Crippen LogP contribution in [-0.4, -0.2) is 32.3 Å². The smallest absolute Gasteiger partial charge is 0.126 e. The van der Waals surface area contributed by atoms with Crippen molar-refractivity contribution in [1.82, 2.24) is 15.0 Å². The summed E-state index contributed by atoms with van der Waals surface area (Å²) in [5, 5.41) is 18.2. The van der Waals surface area contributed by atoms with E-state index in [1.165, 1.54) is 0 Å². The minimum Gasteiger partial charge on any atom is -0.384 e. The van der Waals surface area contributed by atoms with Crippen molar-refractivity contribution in [3.8, 4) is 0 Å². The Kier molecular flexibility index (Phi) is 3.25. The normalized spacial score (nSPS) is 27.2. The topological polar surface area (TPSA) is 60.2 Å². The maximum absolute atomic E-state index is 10.4. The third-order valence-electron chi connectivity index (χ3n) is 3.19. The zero-order valence-electron chi connectivity index (χ0n) is 9.89. The van der Waals surface area contributed by atoms with Crippen LogP contribution in [0.4, 0.5) is 0 Å². The Morgan fingerprint density at radius 3 is 3.12 bits per heavy atom. The average molecular weight is 225 g/mol. The Hall–Kier alpha value is -0.940. The van der Waals surface area contributed by atoms with Crippen molar-refractivity contribution >= 4 is 0 Å². The van der Waals surface area contributed by atoms with E-state index < -0.39 is 11.7 Å². The first-order chi connectivity index (χ1) is 7.67. The summed E-state index contributed by atoms with van der Waals surface area (Å²) in [7, 11) is 0. The second kappa shape index (κ2) is 4.51. The van der Waals surface area contributed by atoms with Gasteiger partial charge in [0, 0.05) is 13.2 Å². The molecule has 2 heterocycles. The van der Waals surface area contributed by atoms with E-state index in [4.69, 9.17) is 4.74 Å². The number of aliphatic hydroxyl groups is 1. The highest BCUT2D eigenvalue weighted by molar-refractivity contribution is 5.07. The van der Waals surface area contributed by atoms with Crippen molar-refractivity contribution in [3.63, 3.8) is 0 Å². The fourth-order valence-electron chi connectivity index (χ4n) is 2.19. The fraction of sp³-hybridized carbons (Fsp3) is 0.818. The van der Waals surface area contributed by atoms with Gasteiger partial charge in [-0.15, -0.1) is 5.10 Å². The van der Waals surface area contributed by atoms with Gasteiger partial charge in [0.2, 0.25) is 0 Å². The van der Waals surface area contributed by atoms with Crippen molar-refractivity contribution < 1.29 is 9.84 Å². The van der Waals surface area contributed by atoms with Gasteiger partial charge in [-0.2, -0.15) is 0 Å². The van der Waals surface area contributed by atoms with Crippen molar-refractivity contribution in [2.24, 2.45) is 0 Å². The lowest BCUT2D eigenvalue weighted by Crippen LogP contribution is -2.33. The van der Waals surface area contributed by atoms with Crippen molar-refractivity contribution in [1.29, 1.82) is 0 Å². The Labute approximate surface area is 95.4 Å². The first-order valence-electron chi connectivity index (χ1n) is 5.88. The van der Waals surface area contributed by atoms with Crippen LogP contribution in [0.15, 0.2) is 6.20 Å². The summed E-state index contributed by atoms with van der Waals surface area (Å²) in [4.78, 5) is 0. The van der Waals surface area contributed by atoms with Gasteiger partial charge >= 0.3 is 0 Å². The second-order valence-corrected chi connectivity index (χ2v) is 4.55. The molecule has 1 fully saturated rings. The maximum Gasteiger partial charge on any atom is 0.126 e. The van der Waals surface area contributed by atoms with Gasteiger partial charge in [0.15, 0.2) is 0 Å². The van der Waals surface area contributed by atoms with Crippen LogP contribution in [0, 0.1) is 0 Å². The van der Waals surface area contributed by atoms with Crippen LogP contribution in [-0.2, 0) is 11.3 Å². The van der Waals surface area contributed by atoms with Gasteiger partial charge in [-0.25, -0.2) is 4.68 Å². The molecule has 0 amide bonds. The summed E-state index contributed by atoms with van der Waals surface area (Å²) in [5.41, 5.74) is 0.277. The number of aliphatic hydroxyl groups excluding tert-OH is 1. The summed E-state index contributed by atoms with van der Waals surface area (Å²) < 4.78 is 7.40. The molecule has 1 saturated heterocycles. The van der Waals surface area contributed by atoms with E-state index in [9.17, 15) is 5.11 Å². The number of ether oxygens (including phenoxy) is 1. The summed E-state index contributed by atoms with van der Waals surface area (Å²) in [5.74, 6) is 0. The number of hydrogen-bond donors (Lipinski definition) is 1. The summed E-state index contributed by atoms with van der Waals surface area (Å²) in [6, 6.07) is 0. The van der Waals surface area contributed by atoms with Crippen LogP contribution in [0.2, 0.25) is 0 Å². The van der Waals surface area contributed by atoms with Crippen molar-refractivity contribution in [3.05, 3.63) is 11.9 Å². The number of aromatic nitrogens is 3. The van der Waals surface area contributed by atoms with E-state index >= 15 is 0 Å². The van der Waals surface area contributed by atoms with Crippen molar-refractivity contribution in [2.45, 2.75) is 51.4 Å². The molecule has 0 spiro atoms. The van der Waals surface area contributed by atoms with Gasteiger partial charge in [0.25, 0.3) is 0 Å². The molecule has 1 aliphatic rings. The van der Waals surface area contributed by atoms with E-state index in [2.05, 4.69) is 17.2 Å². The highest BCUT2D eigenvalue weighted by Crippen LogP contribution is 2.36. The van der Waals surface area contributed by atoms with Crippen LogP contribution in [0.3, 0.4) is 0 Å². The second-order valence-electron chi connectivity index (χ2n) is 4.55. The molecule has 0 radical (unpaired) electrons. The Morgan fingerprint density at radius 1 is 1.69 bits per heavy atom. The minimum atomic E-state index is -0.642. The van der Waals surface area contributed by atoms with Gasteiger partial charge in [0.1, 0.15) is 6.10 Å². The third kappa shape index (κ3) is 1.97. The lowest BCUT2D eigenvalue weighted by Gasteiger charge is -2.29. The molecule has 2 unspecified atom stereocenters. The predicted molar refractivity (Wildman–Crippen MR) is 58.9 cm³/mol. The molecule has 5 heteroatoms. The average Bonchev–Trinajstić information content (AvgIpc) is 2.88. The Morgan fingerprint density at radius 2 is 2.50 bits per heavy atom. The zero-order valence-corrected chi connectivity index (χ0v) is 9.89. The molecule has 0 aliphatic carbocycles. The molecule has 0 bridgehead atoms. The van der Waals surface area contributed by atoms with E-state index in [1.54, 1.807) is 10.9 Å². The van der Waals surface area contributed by atoms with Crippen LogP contribution in [0.25, 0.3) is 0 Å². The third-order valence-corrected chi connectivity index (χ3v) is 3.19. The molecule has 0 saturated carbocycles. The molecular formula is C11H19N3O2. The van der Waals surface area contributed by atoms with Gasteiger partial charge in [0.05, 0.1) is 17.5 Å². The molecule has 2 rings (SSSR count). The number of rotatable bonds is 4. The number of hydrogen-bond acceptors (Lipinski definition) is 4. The molecule has 1 aliphatic heterocycles. The standard InChI is InChI=1S/C11H19N3O2/c1-3-6-14-9(8-12-13-14)10(15)11(2)5-4-7-16-11/h8,10,15H,3-7H2,1-2H3. The quantitative estimate of drug-likeness (QED) is 0.838. The molecule has 5 nitrogen and oxygen atoms in total. The fourth-order valence-corrected chi connectivity index (χ4v) is 2.19. The number of nitrogens with zero attached hydrogens (tertiary/aromatic N) is 3. The zero-order chi connectivity index (χ0) is 11.6. The van der Waals surface area contributed by atoms with Gasteiger partial charge in [-0.3, -0.25) is 0 Å². The summed E-state index contributed by atoms with van der Waals surface area (Å²) >= 11 is 0. The monoisotopic (exact) mass is 225 g/mol. The molecule has 1 aromatic rings. The molecule has 1 N–H and O–H groups in total. The minimum absolute atomic E-state index is 0.479. The largest absolute Gasteiger partial charge is 0.384 e. The van der Waals surface area contributed by atoms with E-state index in [0.717, 1.165) is 38.1 Å². The number of aryl methyl sites for hydroxylation is 1. The van der Waals surface area contributed by atoms with E-state index in [-0.39, 0.29) is 0 Å². The van der Waals surface area contributed by atoms with Gasteiger partial charge < -0.3 is 9.84 Å². The van der Waals surface area contributed by atoms with Crippen LogP contribution < -0.4 is 0 Å². The Bertz CT molecular complexity index is 345. The molecule has 2 atom stereocenters. The molecule has 0 aromatic carbocycles. The molecule has 90 valence electrons. The first-order valence-corrected chi connectivity index (χ1v) is 5.88. The Balaban J connectivity index is 2.19. The lowest BCUT2D eigenvalue weighted by atomic mass is 9.93. The molecular weight excluding hydrogens is 206 g/mol. The maximum atomic E-state index is 10.4. The van der Waals surface area contributed by atoms with Gasteiger partial charge in [-0.05, 0) is 26.2 Å². The van der Waals surface area contributed by atoms with E-state index in [0.29, 0.717) is 0 Å². The van der Waals surface area contributed by atoms with Crippen LogP contribution >= 0.6 is 0 Å². The van der Waals surface area contributed by atoms with Crippen LogP contribution in [0.1, 0.15) is 44.9 Å². The SMILES string of the molecule is CCCn1nncc1C(O)C1(C)CCCO1. The molecule has 16 heavy (non-hydrogen) atoms. The lowest BCUT2D eigenvalue weighted by molar-refractivity contribution is -0.0829. The highest BCUT2D eigenvalue weighted by atomic mass is 16.5. The van der Waals surface area contributed by atoms with E-state index in [1.807, 2.05) is 6.92 Å². The summed E-state index contributed by atoms with van der Waals surface area (Å²) in [6.45, 7) is 5.53. The first kappa shape index (κ1) is 11.5. The van der Waals surface area contributed by atoms with Crippen LogP contribution in [0.5, 0.6) is 0 Å². The van der Waals surface area contributed by atoms with Gasteiger partial charge in [-0.1, -0.05) is 12.1 Å². The highest BCUT2D eigenvalue weighted by Gasteiger charge is 2.40.